The lowest BCUT2D eigenvalue weighted by molar-refractivity contribution is -0.132. The van der Waals surface area contributed by atoms with Crippen LogP contribution in [0.3, 0.4) is 0 Å². The molecule has 0 aliphatic carbocycles. The smallest absolute Gasteiger partial charge is 0.301 e. The van der Waals surface area contributed by atoms with E-state index in [1.807, 2.05) is 43.3 Å². The third-order valence-electron chi connectivity index (χ3n) is 7.87. The van der Waals surface area contributed by atoms with Gasteiger partial charge in [-0.3, -0.25) is 14.5 Å². The van der Waals surface area contributed by atoms with Gasteiger partial charge in [-0.1, -0.05) is 47.7 Å². The fourth-order valence-electron chi connectivity index (χ4n) is 5.63. The van der Waals surface area contributed by atoms with Crippen LogP contribution in [0, 0.1) is 0 Å². The summed E-state index contributed by atoms with van der Waals surface area (Å²) in [5, 5.41) is 12.0. The highest BCUT2D eigenvalue weighted by atomic mass is 32.1. The van der Waals surface area contributed by atoms with Crippen LogP contribution in [0.25, 0.3) is 16.0 Å². The molecule has 7 rings (SSSR count). The molecular formula is C36H30N2O8S. The SMILES string of the molecule is CCOc1cc([C@@H]2/C(=C(\O)c3ccc4c(c3)OCCO4)C(=O)C(=O)N2c2nc3ccc(OC)cc3s2)ccc1OCc1ccccc1. The van der Waals surface area contributed by atoms with Gasteiger partial charge in [-0.25, -0.2) is 4.98 Å². The zero-order valence-corrected chi connectivity index (χ0v) is 26.4. The maximum absolute atomic E-state index is 13.9. The molecule has 0 spiro atoms. The Kier molecular flexibility index (Phi) is 8.13. The topological polar surface area (TPSA) is 117 Å². The van der Waals surface area contributed by atoms with E-state index in [1.165, 1.54) is 16.2 Å². The Balaban J connectivity index is 1.36. The number of hydrogen-bond acceptors (Lipinski definition) is 10. The molecule has 0 bridgehead atoms. The molecule has 1 amide bonds. The molecule has 238 valence electrons. The number of amides is 1. The molecule has 3 heterocycles. The van der Waals surface area contributed by atoms with E-state index in [0.717, 1.165) is 10.3 Å². The van der Waals surface area contributed by atoms with Crippen molar-refractivity contribution in [1.29, 1.82) is 0 Å². The molecule has 1 N–H and O–H groups in total. The van der Waals surface area contributed by atoms with Crippen molar-refractivity contribution in [2.45, 2.75) is 19.6 Å². The Hall–Kier alpha value is -5.55. The minimum Gasteiger partial charge on any atom is -0.507 e. The Morgan fingerprint density at radius 1 is 0.936 bits per heavy atom. The van der Waals surface area contributed by atoms with Crippen LogP contribution in [0.2, 0.25) is 0 Å². The summed E-state index contributed by atoms with van der Waals surface area (Å²) >= 11 is 1.24. The number of fused-ring (bicyclic) bond motifs is 2. The summed E-state index contributed by atoms with van der Waals surface area (Å²) in [6, 6.07) is 24.3. The first-order valence-corrected chi connectivity index (χ1v) is 15.9. The first kappa shape index (κ1) is 30.1. The molecule has 2 aliphatic heterocycles. The summed E-state index contributed by atoms with van der Waals surface area (Å²) in [5.41, 5.74) is 2.36. The Morgan fingerprint density at radius 2 is 1.74 bits per heavy atom. The van der Waals surface area contributed by atoms with Crippen molar-refractivity contribution in [1.82, 2.24) is 4.98 Å². The molecule has 10 nitrogen and oxygen atoms in total. The highest BCUT2D eigenvalue weighted by Gasteiger charge is 2.48. The van der Waals surface area contributed by atoms with E-state index >= 15 is 0 Å². The van der Waals surface area contributed by atoms with E-state index in [1.54, 1.807) is 55.6 Å². The van der Waals surface area contributed by atoms with Crippen molar-refractivity contribution in [2.24, 2.45) is 0 Å². The lowest BCUT2D eigenvalue weighted by Crippen LogP contribution is -2.29. The van der Waals surface area contributed by atoms with Gasteiger partial charge in [-0.05, 0) is 66.6 Å². The molecule has 0 radical (unpaired) electrons. The molecule has 0 unspecified atom stereocenters. The van der Waals surface area contributed by atoms with Crippen LogP contribution in [0.15, 0.2) is 90.5 Å². The molecular weight excluding hydrogens is 620 g/mol. The van der Waals surface area contributed by atoms with E-state index in [0.29, 0.717) is 77.0 Å². The van der Waals surface area contributed by atoms with Crippen molar-refractivity contribution in [3.8, 4) is 28.7 Å². The number of ketones is 1. The van der Waals surface area contributed by atoms with E-state index in [2.05, 4.69) is 0 Å². The largest absolute Gasteiger partial charge is 0.507 e. The fourth-order valence-corrected chi connectivity index (χ4v) is 6.65. The molecule has 5 aromatic rings. The normalized spacial score (nSPS) is 16.8. The second kappa shape index (κ2) is 12.7. The minimum absolute atomic E-state index is 0.0936. The first-order valence-electron chi connectivity index (χ1n) is 15.0. The zero-order valence-electron chi connectivity index (χ0n) is 25.6. The van der Waals surface area contributed by atoms with Gasteiger partial charge in [-0.2, -0.15) is 0 Å². The summed E-state index contributed by atoms with van der Waals surface area (Å²) in [6.45, 7) is 3.28. The van der Waals surface area contributed by atoms with Gasteiger partial charge in [-0.15, -0.1) is 0 Å². The molecule has 4 aromatic carbocycles. The molecule has 0 saturated carbocycles. The summed E-state index contributed by atoms with van der Waals surface area (Å²) in [4.78, 5) is 33.8. The zero-order chi connectivity index (χ0) is 32.5. The van der Waals surface area contributed by atoms with Crippen molar-refractivity contribution < 1.29 is 38.4 Å². The fraction of sp³-hybridized carbons (Fsp3) is 0.194. The van der Waals surface area contributed by atoms with Crippen LogP contribution in [-0.2, 0) is 16.2 Å². The number of Topliss-reactive ketones (excluding diaryl/α,β-unsaturated/α-hetero) is 1. The molecule has 1 atom stereocenters. The van der Waals surface area contributed by atoms with Gasteiger partial charge in [0.1, 0.15) is 31.3 Å². The van der Waals surface area contributed by atoms with E-state index in [9.17, 15) is 14.7 Å². The van der Waals surface area contributed by atoms with Crippen LogP contribution in [0.1, 0.15) is 29.7 Å². The predicted octanol–water partition coefficient (Wildman–Crippen LogP) is 6.68. The summed E-state index contributed by atoms with van der Waals surface area (Å²) in [6.07, 6.45) is 0. The predicted molar refractivity (Wildman–Crippen MR) is 177 cm³/mol. The second-order valence-corrected chi connectivity index (χ2v) is 11.8. The lowest BCUT2D eigenvalue weighted by atomic mass is 9.95. The van der Waals surface area contributed by atoms with E-state index in [-0.39, 0.29) is 11.3 Å². The van der Waals surface area contributed by atoms with Gasteiger partial charge >= 0.3 is 5.91 Å². The number of anilines is 1. The summed E-state index contributed by atoms with van der Waals surface area (Å²) < 4.78 is 29.6. The van der Waals surface area contributed by atoms with Crippen LogP contribution in [0.5, 0.6) is 28.7 Å². The number of hydrogen-bond donors (Lipinski definition) is 1. The number of rotatable bonds is 9. The molecule has 11 heteroatoms. The van der Waals surface area contributed by atoms with Gasteiger partial charge in [0.2, 0.25) is 0 Å². The molecule has 2 aliphatic rings. The lowest BCUT2D eigenvalue weighted by Gasteiger charge is -2.24. The number of ether oxygens (including phenoxy) is 5. The number of carbonyl (C=O) groups excluding carboxylic acids is 2. The molecule has 1 aromatic heterocycles. The second-order valence-electron chi connectivity index (χ2n) is 10.8. The van der Waals surface area contributed by atoms with Crippen LogP contribution in [-0.4, -0.2) is 48.7 Å². The third kappa shape index (κ3) is 5.70. The Morgan fingerprint density at radius 3 is 2.53 bits per heavy atom. The van der Waals surface area contributed by atoms with Gasteiger partial charge < -0.3 is 28.8 Å². The minimum atomic E-state index is -1.03. The van der Waals surface area contributed by atoms with Crippen LogP contribution in [0.4, 0.5) is 5.13 Å². The maximum Gasteiger partial charge on any atom is 0.301 e. The van der Waals surface area contributed by atoms with Crippen molar-refractivity contribution in [3.63, 3.8) is 0 Å². The van der Waals surface area contributed by atoms with Gasteiger partial charge in [0, 0.05) is 5.56 Å². The van der Waals surface area contributed by atoms with Crippen molar-refractivity contribution in [3.05, 3.63) is 107 Å². The number of carbonyl (C=O) groups is 2. The highest BCUT2D eigenvalue weighted by Crippen LogP contribution is 2.47. The number of aliphatic hydroxyl groups is 1. The van der Waals surface area contributed by atoms with Crippen molar-refractivity contribution in [2.75, 3.05) is 31.8 Å². The molecule has 1 fully saturated rings. The number of nitrogens with zero attached hydrogens (tertiary/aromatic N) is 2. The number of aliphatic hydroxyl groups excluding tert-OH is 1. The summed E-state index contributed by atoms with van der Waals surface area (Å²) in [5.74, 6) is 0.515. The van der Waals surface area contributed by atoms with Gasteiger partial charge in [0.25, 0.3) is 5.78 Å². The third-order valence-corrected chi connectivity index (χ3v) is 8.89. The number of benzene rings is 4. The standard InChI is InChI=1S/C36H30N2O8S/c1-3-43-28-17-22(9-13-27(28)46-20-21-7-5-4-6-8-21)32-31(33(39)23-10-14-26-29(18-23)45-16-15-44-26)34(40)35(41)38(32)36-37-25-12-11-24(42-2)19-30(25)47-36/h4-14,17-19,32,39H,3,15-16,20H2,1-2H3/b33-31+/t32-/m1/s1. The average molecular weight is 651 g/mol. The number of thiazole rings is 1. The van der Waals surface area contributed by atoms with E-state index < -0.39 is 17.7 Å². The number of aromatic nitrogens is 1. The summed E-state index contributed by atoms with van der Waals surface area (Å²) in [7, 11) is 1.57. The molecule has 47 heavy (non-hydrogen) atoms. The Labute approximate surface area is 274 Å². The average Bonchev–Trinajstić information content (AvgIpc) is 3.64. The molecule has 1 saturated heterocycles. The van der Waals surface area contributed by atoms with E-state index in [4.69, 9.17) is 28.7 Å². The quantitative estimate of drug-likeness (QED) is 0.106. The maximum atomic E-state index is 13.9. The van der Waals surface area contributed by atoms with Crippen LogP contribution >= 0.6 is 11.3 Å². The highest BCUT2D eigenvalue weighted by molar-refractivity contribution is 7.22. The van der Waals surface area contributed by atoms with Gasteiger partial charge in [0.15, 0.2) is 28.1 Å². The Bertz CT molecular complexity index is 2020. The van der Waals surface area contributed by atoms with Crippen molar-refractivity contribution >= 4 is 44.1 Å². The van der Waals surface area contributed by atoms with Gasteiger partial charge in [0.05, 0.1) is 35.5 Å². The van der Waals surface area contributed by atoms with Crippen LogP contribution < -0.4 is 28.6 Å². The monoisotopic (exact) mass is 650 g/mol. The first-order chi connectivity index (χ1) is 22.9. The number of methoxy groups -OCH3 is 1.